The van der Waals surface area contributed by atoms with Gasteiger partial charge in [0.25, 0.3) is 0 Å². The largest absolute Gasteiger partial charge is 0.378 e. The summed E-state index contributed by atoms with van der Waals surface area (Å²) in [6.07, 6.45) is 4.70. The standard InChI is InChI=1S/C14H24N2O2.C2H6/c1-15-10-14(11-15)4-2-12(3-5-14)13(17)16-6-8-18-9-7-16;1-2/h12H,2-11H2,1H3;1-2H3. The van der Waals surface area contributed by atoms with Crippen LogP contribution < -0.4 is 0 Å². The molecule has 0 bridgehead atoms. The predicted molar refractivity (Wildman–Crippen MR) is 80.6 cm³/mol. The van der Waals surface area contributed by atoms with Gasteiger partial charge in [-0.3, -0.25) is 4.79 Å². The van der Waals surface area contributed by atoms with Crippen molar-refractivity contribution in [2.45, 2.75) is 39.5 Å². The van der Waals surface area contributed by atoms with Crippen molar-refractivity contribution in [3.8, 4) is 0 Å². The summed E-state index contributed by atoms with van der Waals surface area (Å²) in [7, 11) is 2.19. The molecule has 4 heteroatoms. The van der Waals surface area contributed by atoms with Gasteiger partial charge in [0.1, 0.15) is 0 Å². The molecule has 1 aliphatic carbocycles. The number of morpholine rings is 1. The SMILES string of the molecule is CC.CN1CC2(CCC(C(=O)N3CCOCC3)CC2)C1. The van der Waals surface area contributed by atoms with Gasteiger partial charge < -0.3 is 14.5 Å². The van der Waals surface area contributed by atoms with E-state index >= 15 is 0 Å². The average molecular weight is 282 g/mol. The van der Waals surface area contributed by atoms with E-state index in [2.05, 4.69) is 11.9 Å². The normalized spacial score (nSPS) is 26.6. The Hall–Kier alpha value is -0.610. The molecule has 0 aromatic rings. The maximum Gasteiger partial charge on any atom is 0.225 e. The molecule has 3 aliphatic rings. The number of rotatable bonds is 1. The third kappa shape index (κ3) is 3.34. The molecule has 2 heterocycles. The van der Waals surface area contributed by atoms with Gasteiger partial charge in [-0.15, -0.1) is 0 Å². The van der Waals surface area contributed by atoms with E-state index in [0.717, 1.165) is 25.9 Å². The minimum absolute atomic E-state index is 0.291. The lowest BCUT2D eigenvalue weighted by molar-refractivity contribution is -0.142. The second kappa shape index (κ2) is 6.90. The van der Waals surface area contributed by atoms with Crippen molar-refractivity contribution in [1.82, 2.24) is 9.80 Å². The zero-order valence-corrected chi connectivity index (χ0v) is 13.4. The van der Waals surface area contributed by atoms with Gasteiger partial charge in [-0.05, 0) is 38.1 Å². The molecule has 0 aromatic heterocycles. The molecule has 0 N–H and O–H groups in total. The molecular formula is C16H30N2O2. The minimum Gasteiger partial charge on any atom is -0.378 e. The first-order chi connectivity index (χ1) is 9.69. The van der Waals surface area contributed by atoms with Crippen LogP contribution in [0.4, 0.5) is 0 Å². The maximum atomic E-state index is 12.4. The molecule has 1 saturated carbocycles. The smallest absolute Gasteiger partial charge is 0.225 e. The lowest BCUT2D eigenvalue weighted by Crippen LogP contribution is -2.56. The molecule has 0 atom stereocenters. The van der Waals surface area contributed by atoms with Crippen LogP contribution in [-0.2, 0) is 9.53 Å². The highest BCUT2D eigenvalue weighted by molar-refractivity contribution is 5.79. The molecule has 3 fully saturated rings. The van der Waals surface area contributed by atoms with Gasteiger partial charge in [0.05, 0.1) is 13.2 Å². The van der Waals surface area contributed by atoms with Crippen molar-refractivity contribution >= 4 is 5.91 Å². The van der Waals surface area contributed by atoms with Crippen LogP contribution in [0.2, 0.25) is 0 Å². The Kier molecular flexibility index (Phi) is 5.44. The molecule has 0 unspecified atom stereocenters. The Balaban J connectivity index is 0.000000704. The summed E-state index contributed by atoms with van der Waals surface area (Å²) in [6, 6.07) is 0. The number of hydrogen-bond acceptors (Lipinski definition) is 3. The Labute approximate surface area is 123 Å². The first-order valence-corrected chi connectivity index (χ1v) is 8.24. The minimum atomic E-state index is 0.291. The molecule has 20 heavy (non-hydrogen) atoms. The lowest BCUT2D eigenvalue weighted by Gasteiger charge is -2.52. The van der Waals surface area contributed by atoms with Crippen LogP contribution in [0.5, 0.6) is 0 Å². The summed E-state index contributed by atoms with van der Waals surface area (Å²) < 4.78 is 5.31. The van der Waals surface area contributed by atoms with Gasteiger partial charge >= 0.3 is 0 Å². The summed E-state index contributed by atoms with van der Waals surface area (Å²) in [5.74, 6) is 0.681. The highest BCUT2D eigenvalue weighted by Crippen LogP contribution is 2.45. The first-order valence-electron chi connectivity index (χ1n) is 8.24. The molecule has 1 spiro atoms. The monoisotopic (exact) mass is 282 g/mol. The van der Waals surface area contributed by atoms with Crippen LogP contribution in [0.3, 0.4) is 0 Å². The van der Waals surface area contributed by atoms with E-state index in [4.69, 9.17) is 4.74 Å². The van der Waals surface area contributed by atoms with E-state index in [-0.39, 0.29) is 0 Å². The van der Waals surface area contributed by atoms with Crippen molar-refractivity contribution in [3.63, 3.8) is 0 Å². The Morgan fingerprint density at radius 2 is 1.65 bits per heavy atom. The second-order valence-electron chi connectivity index (χ2n) is 6.38. The number of hydrogen-bond donors (Lipinski definition) is 0. The van der Waals surface area contributed by atoms with E-state index in [1.165, 1.54) is 25.9 Å². The number of likely N-dealkylation sites (tertiary alicyclic amines) is 1. The Bertz CT molecular complexity index is 310. The molecule has 2 saturated heterocycles. The van der Waals surface area contributed by atoms with Gasteiger partial charge in [0, 0.05) is 32.1 Å². The second-order valence-corrected chi connectivity index (χ2v) is 6.38. The van der Waals surface area contributed by atoms with E-state index < -0.39 is 0 Å². The van der Waals surface area contributed by atoms with Crippen molar-refractivity contribution in [2.24, 2.45) is 11.3 Å². The predicted octanol–water partition coefficient (Wildman–Crippen LogP) is 1.99. The quantitative estimate of drug-likeness (QED) is 0.737. The number of nitrogens with zero attached hydrogens (tertiary/aromatic N) is 2. The topological polar surface area (TPSA) is 32.8 Å². The third-order valence-electron chi connectivity index (χ3n) is 4.93. The fraction of sp³-hybridized carbons (Fsp3) is 0.938. The van der Waals surface area contributed by atoms with Crippen molar-refractivity contribution in [3.05, 3.63) is 0 Å². The zero-order chi connectivity index (χ0) is 14.6. The number of carbonyl (C=O) groups excluding carboxylic acids is 1. The molecule has 0 radical (unpaired) electrons. The Morgan fingerprint density at radius 1 is 1.10 bits per heavy atom. The summed E-state index contributed by atoms with van der Waals surface area (Å²) in [4.78, 5) is 16.8. The average Bonchev–Trinajstić information content (AvgIpc) is 2.49. The number of carbonyl (C=O) groups is 1. The number of amides is 1. The number of ether oxygens (including phenoxy) is 1. The Morgan fingerprint density at radius 3 is 2.15 bits per heavy atom. The summed E-state index contributed by atoms with van der Waals surface area (Å²) >= 11 is 0. The van der Waals surface area contributed by atoms with Crippen LogP contribution in [0.1, 0.15) is 39.5 Å². The van der Waals surface area contributed by atoms with Crippen molar-refractivity contribution in [2.75, 3.05) is 46.4 Å². The summed E-state index contributed by atoms with van der Waals surface area (Å²) in [6.45, 7) is 9.50. The van der Waals surface area contributed by atoms with Crippen LogP contribution in [0.25, 0.3) is 0 Å². The highest BCUT2D eigenvalue weighted by atomic mass is 16.5. The lowest BCUT2D eigenvalue weighted by atomic mass is 9.66. The van der Waals surface area contributed by atoms with Crippen LogP contribution in [-0.4, -0.2) is 62.1 Å². The molecule has 4 nitrogen and oxygen atoms in total. The first kappa shape index (κ1) is 15.8. The molecule has 3 rings (SSSR count). The van der Waals surface area contributed by atoms with Crippen LogP contribution in [0, 0.1) is 11.3 Å². The zero-order valence-electron chi connectivity index (χ0n) is 13.4. The highest BCUT2D eigenvalue weighted by Gasteiger charge is 2.45. The van der Waals surface area contributed by atoms with E-state index in [9.17, 15) is 4.79 Å². The molecule has 116 valence electrons. The van der Waals surface area contributed by atoms with Crippen LogP contribution >= 0.6 is 0 Å². The summed E-state index contributed by atoms with van der Waals surface area (Å²) in [5, 5.41) is 0. The van der Waals surface area contributed by atoms with Gasteiger partial charge in [-0.1, -0.05) is 13.8 Å². The van der Waals surface area contributed by atoms with Crippen molar-refractivity contribution in [1.29, 1.82) is 0 Å². The fourth-order valence-corrected chi connectivity index (χ4v) is 3.93. The third-order valence-corrected chi connectivity index (χ3v) is 4.93. The molecule has 1 amide bonds. The van der Waals surface area contributed by atoms with Gasteiger partial charge in [0.15, 0.2) is 0 Å². The van der Waals surface area contributed by atoms with Crippen LogP contribution in [0.15, 0.2) is 0 Å². The molecule has 2 aliphatic heterocycles. The van der Waals surface area contributed by atoms with E-state index in [1.807, 2.05) is 18.7 Å². The van der Waals surface area contributed by atoms with Gasteiger partial charge in [-0.25, -0.2) is 0 Å². The van der Waals surface area contributed by atoms with E-state index in [1.54, 1.807) is 0 Å². The van der Waals surface area contributed by atoms with E-state index in [0.29, 0.717) is 30.5 Å². The van der Waals surface area contributed by atoms with Gasteiger partial charge in [0.2, 0.25) is 5.91 Å². The molecular weight excluding hydrogens is 252 g/mol. The van der Waals surface area contributed by atoms with Gasteiger partial charge in [-0.2, -0.15) is 0 Å². The van der Waals surface area contributed by atoms with Crippen molar-refractivity contribution < 1.29 is 9.53 Å². The molecule has 0 aromatic carbocycles. The summed E-state index contributed by atoms with van der Waals surface area (Å²) in [5.41, 5.74) is 0.566. The fourth-order valence-electron chi connectivity index (χ4n) is 3.93. The maximum absolute atomic E-state index is 12.4.